The van der Waals surface area contributed by atoms with E-state index < -0.39 is 0 Å². The highest BCUT2D eigenvalue weighted by atomic mass is 19.1. The zero-order valence-electron chi connectivity index (χ0n) is 9.03. The Labute approximate surface area is 94.4 Å². The summed E-state index contributed by atoms with van der Waals surface area (Å²) in [6, 6.07) is 5.62. The summed E-state index contributed by atoms with van der Waals surface area (Å²) in [7, 11) is 0. The molecule has 0 spiro atoms. The Morgan fingerprint density at radius 1 is 1.19 bits per heavy atom. The first-order chi connectivity index (χ1) is 7.75. The van der Waals surface area contributed by atoms with Gasteiger partial charge in [0.15, 0.2) is 5.78 Å². The van der Waals surface area contributed by atoms with Crippen molar-refractivity contribution in [2.45, 2.75) is 12.8 Å². The Hall–Kier alpha value is -1.64. The van der Waals surface area contributed by atoms with Gasteiger partial charge in [0.25, 0.3) is 0 Å². The van der Waals surface area contributed by atoms with Gasteiger partial charge in [-0.1, -0.05) is 0 Å². The molecule has 0 amide bonds. The van der Waals surface area contributed by atoms with Crippen LogP contribution in [-0.2, 0) is 0 Å². The second-order valence-corrected chi connectivity index (χ2v) is 3.93. The number of hydrogen-bond donors (Lipinski definition) is 0. The fraction of sp³-hybridized carbons (Fsp3) is 0.308. The molecule has 0 unspecified atom stereocenters. The van der Waals surface area contributed by atoms with Crippen LogP contribution in [0.4, 0.5) is 4.39 Å². The van der Waals surface area contributed by atoms with Gasteiger partial charge >= 0.3 is 0 Å². The van der Waals surface area contributed by atoms with Crippen molar-refractivity contribution < 1.29 is 9.18 Å². The number of carbonyl (C=O) groups is 1. The van der Waals surface area contributed by atoms with E-state index in [4.69, 9.17) is 0 Å². The molecule has 1 aliphatic heterocycles. The number of allylic oxidation sites excluding steroid dienone is 1. The van der Waals surface area contributed by atoms with Crippen LogP contribution in [-0.4, -0.2) is 23.8 Å². The zero-order chi connectivity index (χ0) is 11.4. The van der Waals surface area contributed by atoms with Crippen LogP contribution >= 0.6 is 0 Å². The van der Waals surface area contributed by atoms with E-state index in [0.717, 1.165) is 13.1 Å². The molecule has 16 heavy (non-hydrogen) atoms. The van der Waals surface area contributed by atoms with Gasteiger partial charge < -0.3 is 4.90 Å². The van der Waals surface area contributed by atoms with E-state index in [2.05, 4.69) is 4.90 Å². The summed E-state index contributed by atoms with van der Waals surface area (Å²) in [4.78, 5) is 13.8. The zero-order valence-corrected chi connectivity index (χ0v) is 9.03. The number of carbonyl (C=O) groups excluding carboxylic acids is 1. The fourth-order valence-corrected chi connectivity index (χ4v) is 1.77. The summed E-state index contributed by atoms with van der Waals surface area (Å²) in [6.45, 7) is 2.04. The number of nitrogens with zero attached hydrogens (tertiary/aromatic N) is 1. The van der Waals surface area contributed by atoms with E-state index >= 15 is 0 Å². The van der Waals surface area contributed by atoms with Gasteiger partial charge in [-0.2, -0.15) is 0 Å². The standard InChI is InChI=1S/C13H14FNO/c14-12-5-3-11(4-6-12)13(16)7-10-15-8-1-2-9-15/h3-7,10H,1-2,8-9H2/b10-7+. The van der Waals surface area contributed by atoms with Crippen molar-refractivity contribution in [1.29, 1.82) is 0 Å². The van der Waals surface area contributed by atoms with Crippen LogP contribution in [0.2, 0.25) is 0 Å². The minimum atomic E-state index is -0.319. The van der Waals surface area contributed by atoms with E-state index in [9.17, 15) is 9.18 Å². The van der Waals surface area contributed by atoms with Gasteiger partial charge in [-0.15, -0.1) is 0 Å². The molecule has 2 nitrogen and oxygen atoms in total. The van der Waals surface area contributed by atoms with Crippen LogP contribution in [0.15, 0.2) is 36.5 Å². The number of benzene rings is 1. The molecule has 1 aliphatic rings. The van der Waals surface area contributed by atoms with Crippen LogP contribution < -0.4 is 0 Å². The summed E-state index contributed by atoms with van der Waals surface area (Å²) in [5.41, 5.74) is 0.525. The van der Waals surface area contributed by atoms with Crippen molar-refractivity contribution in [1.82, 2.24) is 4.90 Å². The highest BCUT2D eigenvalue weighted by Gasteiger charge is 2.07. The van der Waals surface area contributed by atoms with Crippen LogP contribution in [0.3, 0.4) is 0 Å². The number of rotatable bonds is 3. The number of likely N-dealkylation sites (tertiary alicyclic amines) is 1. The highest BCUT2D eigenvalue weighted by molar-refractivity contribution is 6.04. The van der Waals surface area contributed by atoms with Crippen molar-refractivity contribution >= 4 is 5.78 Å². The maximum atomic E-state index is 12.6. The third-order valence-electron chi connectivity index (χ3n) is 2.71. The first-order valence-electron chi connectivity index (χ1n) is 5.48. The molecule has 1 heterocycles. The molecule has 1 aromatic rings. The largest absolute Gasteiger partial charge is 0.377 e. The van der Waals surface area contributed by atoms with Gasteiger partial charge in [0.05, 0.1) is 0 Å². The topological polar surface area (TPSA) is 20.3 Å². The maximum absolute atomic E-state index is 12.6. The number of hydrogen-bond acceptors (Lipinski definition) is 2. The molecular formula is C13H14FNO. The molecule has 84 valence electrons. The maximum Gasteiger partial charge on any atom is 0.187 e. The second-order valence-electron chi connectivity index (χ2n) is 3.93. The van der Waals surface area contributed by atoms with Crippen LogP contribution in [0, 0.1) is 5.82 Å². The van der Waals surface area contributed by atoms with Crippen LogP contribution in [0.5, 0.6) is 0 Å². The predicted octanol–water partition coefficient (Wildman–Crippen LogP) is 2.62. The third kappa shape index (κ3) is 2.69. The Balaban J connectivity index is 1.99. The van der Waals surface area contributed by atoms with E-state index in [0.29, 0.717) is 5.56 Å². The van der Waals surface area contributed by atoms with E-state index in [-0.39, 0.29) is 11.6 Å². The molecule has 1 fully saturated rings. The highest BCUT2D eigenvalue weighted by Crippen LogP contribution is 2.09. The molecule has 1 saturated heterocycles. The Morgan fingerprint density at radius 2 is 1.81 bits per heavy atom. The quantitative estimate of drug-likeness (QED) is 0.575. The minimum Gasteiger partial charge on any atom is -0.377 e. The average Bonchev–Trinajstić information content (AvgIpc) is 2.80. The summed E-state index contributed by atoms with van der Waals surface area (Å²) >= 11 is 0. The normalized spacial score (nSPS) is 15.9. The smallest absolute Gasteiger partial charge is 0.187 e. The molecule has 1 aromatic carbocycles. The third-order valence-corrected chi connectivity index (χ3v) is 2.71. The van der Waals surface area contributed by atoms with E-state index in [1.165, 1.54) is 37.1 Å². The van der Waals surface area contributed by atoms with Gasteiger partial charge in [-0.3, -0.25) is 4.79 Å². The molecule has 2 rings (SSSR count). The van der Waals surface area contributed by atoms with Gasteiger partial charge in [-0.25, -0.2) is 4.39 Å². The average molecular weight is 219 g/mol. The first kappa shape index (κ1) is 10.9. The summed E-state index contributed by atoms with van der Waals surface area (Å²) in [5, 5.41) is 0. The molecule has 0 radical (unpaired) electrons. The van der Waals surface area contributed by atoms with Crippen molar-refractivity contribution in [2.24, 2.45) is 0 Å². The van der Waals surface area contributed by atoms with Crippen LogP contribution in [0.25, 0.3) is 0 Å². The lowest BCUT2D eigenvalue weighted by Gasteiger charge is -2.09. The molecule has 0 N–H and O–H groups in total. The van der Waals surface area contributed by atoms with Crippen molar-refractivity contribution in [2.75, 3.05) is 13.1 Å². The van der Waals surface area contributed by atoms with E-state index in [1.54, 1.807) is 6.08 Å². The molecule has 0 aliphatic carbocycles. The van der Waals surface area contributed by atoms with Crippen molar-refractivity contribution in [3.05, 3.63) is 47.9 Å². The van der Waals surface area contributed by atoms with Crippen molar-refractivity contribution in [3.63, 3.8) is 0 Å². The Morgan fingerprint density at radius 3 is 2.44 bits per heavy atom. The van der Waals surface area contributed by atoms with Gasteiger partial charge in [0.1, 0.15) is 5.82 Å². The van der Waals surface area contributed by atoms with Gasteiger partial charge in [0, 0.05) is 30.9 Å². The minimum absolute atomic E-state index is 0.0769. The predicted molar refractivity (Wildman–Crippen MR) is 60.7 cm³/mol. The second kappa shape index (κ2) is 4.92. The first-order valence-corrected chi connectivity index (χ1v) is 5.48. The lowest BCUT2D eigenvalue weighted by molar-refractivity contribution is 0.104. The molecule has 0 bridgehead atoms. The van der Waals surface area contributed by atoms with Gasteiger partial charge in [-0.05, 0) is 37.1 Å². The molecular weight excluding hydrogens is 205 g/mol. The molecule has 0 saturated carbocycles. The van der Waals surface area contributed by atoms with Crippen molar-refractivity contribution in [3.8, 4) is 0 Å². The monoisotopic (exact) mass is 219 g/mol. The Bertz CT molecular complexity index is 391. The van der Waals surface area contributed by atoms with Gasteiger partial charge in [0.2, 0.25) is 0 Å². The SMILES string of the molecule is O=C(/C=C/N1CCCC1)c1ccc(F)cc1. The number of halogens is 1. The molecule has 0 atom stereocenters. The fourth-order valence-electron chi connectivity index (χ4n) is 1.77. The van der Waals surface area contributed by atoms with Crippen LogP contribution in [0.1, 0.15) is 23.2 Å². The summed E-state index contributed by atoms with van der Waals surface area (Å²) < 4.78 is 12.6. The lowest BCUT2D eigenvalue weighted by Crippen LogP contribution is -2.11. The Kier molecular flexibility index (Phi) is 3.34. The number of ketones is 1. The molecule has 3 heteroatoms. The summed E-state index contributed by atoms with van der Waals surface area (Å²) in [6.07, 6.45) is 5.77. The molecule has 0 aromatic heterocycles. The summed E-state index contributed by atoms with van der Waals surface area (Å²) in [5.74, 6) is -0.396. The lowest BCUT2D eigenvalue weighted by atomic mass is 10.1. The van der Waals surface area contributed by atoms with E-state index in [1.807, 2.05) is 6.20 Å².